The summed E-state index contributed by atoms with van der Waals surface area (Å²) in [6.07, 6.45) is 1.85. The molecule has 0 spiro atoms. The van der Waals surface area contributed by atoms with Gasteiger partial charge in [-0.1, -0.05) is 28.1 Å². The maximum atomic E-state index is 13.2. The van der Waals surface area contributed by atoms with Crippen molar-refractivity contribution in [3.05, 3.63) is 46.0 Å². The number of aliphatic carboxylic acids is 2. The first-order valence-electron chi connectivity index (χ1n) is 11.5. The summed E-state index contributed by atoms with van der Waals surface area (Å²) in [5.74, 6) is -4.28. The van der Waals surface area contributed by atoms with Gasteiger partial charge in [0.25, 0.3) is 11.8 Å². The Morgan fingerprint density at radius 3 is 2.92 bits per heavy atom. The molecule has 3 atom stereocenters. The van der Waals surface area contributed by atoms with E-state index in [0.717, 1.165) is 21.8 Å². The number of carboxylic acid groups (broad SMARTS) is 2. The first-order chi connectivity index (χ1) is 19.1. The molecule has 5 rings (SSSR count). The monoisotopic (exact) mass is 606 g/mol. The molecular formula is C22H19ClN8O7S2. The van der Waals surface area contributed by atoms with Crippen molar-refractivity contribution in [3.8, 4) is 0 Å². The van der Waals surface area contributed by atoms with Crippen molar-refractivity contribution in [1.82, 2.24) is 25.2 Å². The number of anilines is 1. The molecular weight excluding hydrogens is 588 g/mol. The van der Waals surface area contributed by atoms with Gasteiger partial charge in [-0.05, 0) is 24.0 Å². The number of nitrogens with two attached hydrogens (primary N) is 1. The lowest BCUT2D eigenvalue weighted by atomic mass is 10.0. The number of thiazole rings is 1. The van der Waals surface area contributed by atoms with Gasteiger partial charge >= 0.3 is 11.6 Å². The number of pyridine rings is 1. The van der Waals surface area contributed by atoms with E-state index >= 15 is 0 Å². The number of thioether (sulfide) groups is 1. The molecule has 1 saturated heterocycles. The molecule has 40 heavy (non-hydrogen) atoms. The Labute approximate surface area is 237 Å². The van der Waals surface area contributed by atoms with E-state index in [1.165, 1.54) is 25.0 Å². The van der Waals surface area contributed by atoms with Gasteiger partial charge in [-0.2, -0.15) is 0 Å². The van der Waals surface area contributed by atoms with Crippen LogP contribution in [0.25, 0.3) is 11.2 Å². The molecule has 0 saturated carbocycles. The smallest absolute Gasteiger partial charge is 0.348 e. The minimum atomic E-state index is -1.53. The second-order valence-electron chi connectivity index (χ2n) is 8.58. The molecule has 0 radical (unpaired) electrons. The number of β-lactam (4-membered cyclic amide) rings is 1. The Morgan fingerprint density at radius 1 is 1.48 bits per heavy atom. The van der Waals surface area contributed by atoms with Crippen LogP contribution >= 0.6 is 34.7 Å². The number of oxime groups is 1. The number of carbonyl (C=O) groups excluding carboxylic acids is 3. The van der Waals surface area contributed by atoms with E-state index in [9.17, 15) is 24.3 Å². The number of rotatable bonds is 9. The quantitative estimate of drug-likeness (QED) is 0.0984. The number of carboxylic acids is 2. The van der Waals surface area contributed by atoms with Crippen LogP contribution < -0.4 is 20.7 Å². The maximum Gasteiger partial charge on any atom is 0.348 e. The van der Waals surface area contributed by atoms with E-state index < -0.39 is 47.0 Å². The predicted molar refractivity (Wildman–Crippen MR) is 140 cm³/mol. The molecule has 2 aliphatic heterocycles. The zero-order valence-corrected chi connectivity index (χ0v) is 22.7. The molecule has 2 amide bonds. The van der Waals surface area contributed by atoms with E-state index in [1.807, 2.05) is 6.07 Å². The second kappa shape index (κ2) is 10.7. The third-order valence-corrected chi connectivity index (χ3v) is 8.45. The number of aromatic nitrogens is 4. The van der Waals surface area contributed by atoms with Crippen LogP contribution in [-0.2, 0) is 30.6 Å². The molecule has 2 aliphatic rings. The summed E-state index contributed by atoms with van der Waals surface area (Å²) < 4.78 is 1.74. The third kappa shape index (κ3) is 4.93. The highest BCUT2D eigenvalue weighted by atomic mass is 35.5. The number of amides is 2. The number of nitrogen functional groups attached to an aromatic ring is 1. The van der Waals surface area contributed by atoms with Gasteiger partial charge in [-0.3, -0.25) is 14.5 Å². The van der Waals surface area contributed by atoms with Gasteiger partial charge in [0.15, 0.2) is 10.8 Å². The van der Waals surface area contributed by atoms with Crippen LogP contribution in [0, 0.1) is 0 Å². The molecule has 5 N–H and O–H groups in total. The van der Waals surface area contributed by atoms with Crippen molar-refractivity contribution in [2.45, 2.75) is 31.0 Å². The van der Waals surface area contributed by atoms with Crippen LogP contribution in [-0.4, -0.2) is 77.7 Å². The van der Waals surface area contributed by atoms with Crippen LogP contribution in [0.1, 0.15) is 12.6 Å². The van der Waals surface area contributed by atoms with Crippen molar-refractivity contribution in [2.24, 2.45) is 5.16 Å². The Bertz CT molecular complexity index is 1620. The van der Waals surface area contributed by atoms with Crippen LogP contribution in [0.15, 0.2) is 41.1 Å². The summed E-state index contributed by atoms with van der Waals surface area (Å²) in [6.45, 7) is 1.34. The number of fused-ring (bicyclic) bond motifs is 2. The Hall–Kier alpha value is -4.22. The van der Waals surface area contributed by atoms with E-state index in [-0.39, 0.29) is 33.2 Å². The summed E-state index contributed by atoms with van der Waals surface area (Å²) in [5, 5.41) is 26.6. The number of nitrogens with one attached hydrogen (secondary N) is 2. The van der Waals surface area contributed by atoms with Gasteiger partial charge in [0, 0.05) is 11.3 Å². The van der Waals surface area contributed by atoms with Gasteiger partial charge in [-0.25, -0.2) is 14.3 Å². The minimum absolute atomic E-state index is 0.0113. The van der Waals surface area contributed by atoms with Crippen molar-refractivity contribution in [1.29, 1.82) is 0 Å². The van der Waals surface area contributed by atoms with Gasteiger partial charge in [0.1, 0.15) is 33.5 Å². The van der Waals surface area contributed by atoms with Gasteiger partial charge < -0.3 is 35.9 Å². The average Bonchev–Trinajstić information content (AvgIpc) is 3.53. The summed E-state index contributed by atoms with van der Waals surface area (Å²) in [6, 6.07) is 2.47. The molecule has 208 valence electrons. The molecule has 1 unspecified atom stereocenters. The van der Waals surface area contributed by atoms with E-state index in [4.69, 9.17) is 27.3 Å². The number of H-pyrrole nitrogens is 1. The molecule has 0 aliphatic carbocycles. The standard InChI is InChI=1S/C22H19ClN8O7S2/c1-8(20(34)35)38-29-12(11-15(23)40-22(24)28-11)17(32)27-13-18(33)31-14(21(36)37)9(6-39-19(13)31)5-30-4-2-3-10-16(30)26-7-25-10/h2-4,7-8,13,19H,5-6H2,1H3,(H5,24,27,28,32,34,35,36,37)/b29-12-/t8-,13+,19?/m0/s1. The molecule has 0 bridgehead atoms. The van der Waals surface area contributed by atoms with Crippen molar-refractivity contribution in [3.63, 3.8) is 0 Å². The number of hydrogen-bond donors (Lipinski definition) is 4. The first kappa shape index (κ1) is 27.4. The van der Waals surface area contributed by atoms with E-state index in [2.05, 4.69) is 25.4 Å². The lowest BCUT2D eigenvalue weighted by molar-refractivity contribution is -0.664. The second-order valence-corrected chi connectivity index (χ2v) is 11.3. The SMILES string of the molecule is C[C@H](O/N=C(\C(=O)N[C@@H]1C(=O)N2C(C(=O)[O-])=C(C[n+]3cccc4[nH]cnc43)CSC12)c1nc(N)sc1Cl)C(=O)O. The molecule has 18 heteroatoms. The highest BCUT2D eigenvalue weighted by Gasteiger charge is 2.53. The Balaban J connectivity index is 1.38. The number of halogens is 1. The fourth-order valence-electron chi connectivity index (χ4n) is 4.13. The molecule has 0 aromatic carbocycles. The molecule has 15 nitrogen and oxygen atoms in total. The molecule has 5 heterocycles. The molecule has 3 aromatic heterocycles. The number of imidazole rings is 1. The Kier molecular flexibility index (Phi) is 7.35. The molecule has 1 fully saturated rings. The number of carbonyl (C=O) groups is 4. The van der Waals surface area contributed by atoms with Gasteiger partial charge in [0.2, 0.25) is 12.4 Å². The predicted octanol–water partition coefficient (Wildman–Crippen LogP) is -1.16. The van der Waals surface area contributed by atoms with Crippen molar-refractivity contribution >= 4 is 80.5 Å². The summed E-state index contributed by atoms with van der Waals surface area (Å²) in [7, 11) is 0. The Morgan fingerprint density at radius 2 is 2.25 bits per heavy atom. The zero-order chi connectivity index (χ0) is 28.7. The topological polar surface area (TPSA) is 220 Å². The first-order valence-corrected chi connectivity index (χ1v) is 13.7. The summed E-state index contributed by atoms with van der Waals surface area (Å²) in [5.41, 5.74) is 6.52. The average molecular weight is 607 g/mol. The van der Waals surface area contributed by atoms with E-state index in [0.29, 0.717) is 11.2 Å². The highest BCUT2D eigenvalue weighted by Crippen LogP contribution is 2.40. The fourth-order valence-corrected chi connectivity index (χ4v) is 6.39. The summed E-state index contributed by atoms with van der Waals surface area (Å²) in [4.78, 5) is 66.8. The zero-order valence-electron chi connectivity index (χ0n) is 20.4. The lowest BCUT2D eigenvalue weighted by Gasteiger charge is -2.50. The molecule has 3 aromatic rings. The minimum Gasteiger partial charge on any atom is -0.543 e. The van der Waals surface area contributed by atoms with Gasteiger partial charge in [-0.15, -0.1) is 11.8 Å². The number of aromatic amines is 1. The number of nitrogens with zero attached hydrogens (tertiary/aromatic N) is 5. The van der Waals surface area contributed by atoms with E-state index in [1.54, 1.807) is 16.8 Å². The highest BCUT2D eigenvalue weighted by molar-refractivity contribution is 8.00. The number of hydrogen-bond acceptors (Lipinski definition) is 12. The van der Waals surface area contributed by atoms with Crippen LogP contribution in [0.5, 0.6) is 0 Å². The fraction of sp³-hybridized carbons (Fsp3) is 0.273. The summed E-state index contributed by atoms with van der Waals surface area (Å²) >= 11 is 8.23. The maximum absolute atomic E-state index is 13.2. The van der Waals surface area contributed by atoms with Crippen LogP contribution in [0.4, 0.5) is 5.13 Å². The largest absolute Gasteiger partial charge is 0.543 e. The van der Waals surface area contributed by atoms with Crippen molar-refractivity contribution in [2.75, 3.05) is 11.5 Å². The van der Waals surface area contributed by atoms with Crippen LogP contribution in [0.3, 0.4) is 0 Å². The van der Waals surface area contributed by atoms with Gasteiger partial charge in [0.05, 0.1) is 17.9 Å². The van der Waals surface area contributed by atoms with Crippen molar-refractivity contribution < 1.29 is 38.8 Å². The third-order valence-electron chi connectivity index (χ3n) is 6.03. The normalized spacial score (nSPS) is 19.7. The van der Waals surface area contributed by atoms with Crippen LogP contribution in [0.2, 0.25) is 4.34 Å². The lowest BCUT2D eigenvalue weighted by Crippen LogP contribution is -2.71.